The Kier molecular flexibility index (Phi) is 12.9. The molecule has 2 aliphatic heterocycles. The highest BCUT2D eigenvalue weighted by molar-refractivity contribution is 9.09. The standard InChI is InChI=1S/C96H70Br2N2O4/c1-43(2)75-35-53(47(9)97)36-76(44(3)4)91(75)99-93(101)71-27-23-63-59-15-19-67-79-39-55-31-49-11-13-51-33-57-41-81-69-21-17-61-65-25-29-73-90-74(96(104)100(95(73)103)92-77(45(5)6)37-54(48(10)98)38-78(92)46(7)8)30-26-66(86(65)90)62-18-22-70(88(69)84(61)62)82(81)42-58(57)34-52(51)14-12-50(49)32-56(55)40-80(79)68-20-16-60(83(59)87(67)68)64-24-28-72(94(99)102)89(71)85(63)64/h11-48,83,87H,1-10H3. The van der Waals surface area contributed by atoms with E-state index in [9.17, 15) is 0 Å². The fourth-order valence-electron chi connectivity index (χ4n) is 19.7. The van der Waals surface area contributed by atoms with Gasteiger partial charge in [0, 0.05) is 54.5 Å². The number of hydrogen-bond donors (Lipinski definition) is 0. The Balaban J connectivity index is 0.615. The molecule has 0 N–H and O–H groups in total. The summed E-state index contributed by atoms with van der Waals surface area (Å²) >= 11 is 7.62. The van der Waals surface area contributed by atoms with Gasteiger partial charge in [0.05, 0.1) is 11.4 Å². The van der Waals surface area contributed by atoms with Crippen molar-refractivity contribution in [2.24, 2.45) is 11.8 Å². The van der Waals surface area contributed by atoms with Gasteiger partial charge in [0.25, 0.3) is 23.6 Å². The number of alkyl halides is 2. The van der Waals surface area contributed by atoms with Crippen molar-refractivity contribution < 1.29 is 19.2 Å². The summed E-state index contributed by atoms with van der Waals surface area (Å²) in [5.41, 5.74) is 29.4. The van der Waals surface area contributed by atoms with Gasteiger partial charge in [-0.1, -0.05) is 209 Å². The summed E-state index contributed by atoms with van der Waals surface area (Å²) in [7, 11) is 0. The predicted molar refractivity (Wildman–Crippen MR) is 440 cm³/mol. The summed E-state index contributed by atoms with van der Waals surface area (Å²) in [5.74, 6) is -0.562. The van der Waals surface area contributed by atoms with Gasteiger partial charge in [0.15, 0.2) is 0 Å². The monoisotopic (exact) mass is 1470 g/mol. The minimum absolute atomic E-state index is 0.0766. The first-order valence-electron chi connectivity index (χ1n) is 36.9. The van der Waals surface area contributed by atoms with Gasteiger partial charge in [-0.15, -0.1) is 0 Å². The van der Waals surface area contributed by atoms with Crippen LogP contribution in [0.3, 0.4) is 0 Å². The van der Waals surface area contributed by atoms with Gasteiger partial charge in [-0.3, -0.25) is 19.2 Å². The largest absolute Gasteiger partial charge is 0.268 e. The van der Waals surface area contributed by atoms with Crippen LogP contribution in [0.1, 0.15) is 222 Å². The van der Waals surface area contributed by atoms with Gasteiger partial charge in [-0.05, 0) is 297 Å². The van der Waals surface area contributed by atoms with Crippen molar-refractivity contribution in [2.75, 3.05) is 9.80 Å². The fourth-order valence-corrected chi connectivity index (χ4v) is 20.3. The van der Waals surface area contributed by atoms with Crippen molar-refractivity contribution in [3.05, 3.63) is 270 Å². The summed E-state index contributed by atoms with van der Waals surface area (Å²) in [6, 6.07) is 53.4. The highest BCUT2D eigenvalue weighted by Gasteiger charge is 2.49. The SMILES string of the molecule is CC(C)c1cc(C(C)Br)cc(C(C)C)c1N1C(=O)c2ccc3c4c(ccc(c24)C1=O)C1=CC=C2c4cc5cc6c(cc5cc4C4=CC=C3C1C42)C=Cc1cc2cc3c(cc2cc1C=C6)-c1ccc2c4ccc5c6c(ccc(c7ccc-3c1c72)c64)C(=O)N(c1c(C(C)C)cc(C(C)Br)cc1C(C)C)C5=O. The van der Waals surface area contributed by atoms with Crippen LogP contribution in [0.15, 0.2) is 170 Å². The molecule has 0 saturated heterocycles. The fraction of sp³-hybridized carbons (Fsp3) is 0.188. The van der Waals surface area contributed by atoms with E-state index in [-0.39, 0.29) is 68.8 Å². The number of nitrogens with zero attached hydrogens (tertiary/aromatic N) is 2. The zero-order valence-corrected chi connectivity index (χ0v) is 62.5. The van der Waals surface area contributed by atoms with Crippen LogP contribution in [0.25, 0.3) is 144 Å². The Labute approximate surface area is 620 Å². The number of imide groups is 2. The van der Waals surface area contributed by atoms with Crippen LogP contribution in [0, 0.1) is 11.8 Å². The van der Waals surface area contributed by atoms with E-state index in [4.69, 9.17) is 0 Å². The van der Waals surface area contributed by atoms with Crippen LogP contribution < -0.4 is 9.80 Å². The van der Waals surface area contributed by atoms with Gasteiger partial charge in [-0.25, -0.2) is 9.80 Å². The molecule has 13 aromatic rings. The van der Waals surface area contributed by atoms with E-state index in [1.807, 2.05) is 24.3 Å². The van der Waals surface area contributed by atoms with Crippen LogP contribution >= 0.6 is 31.9 Å². The Morgan fingerprint density at radius 1 is 0.279 bits per heavy atom. The number of rotatable bonds is 8. The molecule has 0 aromatic heterocycles. The number of anilines is 2. The summed E-state index contributed by atoms with van der Waals surface area (Å²) in [5, 5.41) is 15.0. The lowest BCUT2D eigenvalue weighted by atomic mass is 9.62. The van der Waals surface area contributed by atoms with Crippen molar-refractivity contribution in [1.82, 2.24) is 0 Å². The van der Waals surface area contributed by atoms with E-state index < -0.39 is 0 Å². The first-order valence-corrected chi connectivity index (χ1v) is 38.7. The second-order valence-corrected chi connectivity index (χ2v) is 34.4. The molecular formula is C96H70Br2N2O4. The lowest BCUT2D eigenvalue weighted by molar-refractivity contribution is 0.0877. The maximum Gasteiger partial charge on any atom is 0.266 e. The second kappa shape index (κ2) is 21.6. The summed E-state index contributed by atoms with van der Waals surface area (Å²) in [6.45, 7) is 21.4. The smallest absolute Gasteiger partial charge is 0.266 e. The Hall–Kier alpha value is -10.4. The highest BCUT2D eigenvalue weighted by atomic mass is 79.9. The summed E-state index contributed by atoms with van der Waals surface area (Å²) in [6.07, 6.45) is 18.5. The zero-order valence-electron chi connectivity index (χ0n) is 59.4. The van der Waals surface area contributed by atoms with Crippen LogP contribution in [0.4, 0.5) is 11.4 Å². The third kappa shape index (κ3) is 8.16. The molecule has 6 nitrogen and oxygen atoms in total. The third-order valence-electron chi connectivity index (χ3n) is 24.7. The van der Waals surface area contributed by atoms with E-state index in [1.54, 1.807) is 0 Å². The molecule has 104 heavy (non-hydrogen) atoms. The van der Waals surface area contributed by atoms with Gasteiger partial charge in [0.1, 0.15) is 0 Å². The topological polar surface area (TPSA) is 74.8 Å². The number of halogens is 2. The predicted octanol–water partition coefficient (Wildman–Crippen LogP) is 26.0. The third-order valence-corrected chi connectivity index (χ3v) is 25.7. The molecule has 8 heteroatoms. The van der Waals surface area contributed by atoms with Crippen molar-refractivity contribution >= 4 is 189 Å². The molecular weight excluding hydrogens is 1400 g/mol. The van der Waals surface area contributed by atoms with E-state index in [0.29, 0.717) is 22.3 Å². The second-order valence-electron chi connectivity index (χ2n) is 31.6. The number of carbonyl (C=O) groups is 4. The summed E-state index contributed by atoms with van der Waals surface area (Å²) < 4.78 is 0. The Bertz CT molecular complexity index is 6230. The van der Waals surface area contributed by atoms with Crippen molar-refractivity contribution in [3.8, 4) is 22.3 Å². The minimum atomic E-state index is -0.275. The van der Waals surface area contributed by atoms with Crippen LogP contribution in [0.2, 0.25) is 0 Å². The molecule has 0 radical (unpaired) electrons. The molecule has 2 unspecified atom stereocenters. The average Bonchev–Trinajstić information content (AvgIpc) is 1.27. The lowest BCUT2D eigenvalue weighted by Gasteiger charge is -2.41. The van der Waals surface area contributed by atoms with Crippen molar-refractivity contribution in [2.45, 2.75) is 103 Å². The number of hydrogen-bond acceptors (Lipinski definition) is 4. The van der Waals surface area contributed by atoms with Crippen molar-refractivity contribution in [1.29, 1.82) is 0 Å². The number of fused-ring (bicyclic) bond motifs is 14. The molecule has 8 aliphatic rings. The Morgan fingerprint density at radius 3 is 0.837 bits per heavy atom. The highest BCUT2D eigenvalue weighted by Crippen LogP contribution is 2.64. The molecule has 0 bridgehead atoms. The minimum Gasteiger partial charge on any atom is -0.268 e. The van der Waals surface area contributed by atoms with Gasteiger partial charge in [-0.2, -0.15) is 0 Å². The number of benzene rings is 13. The molecule has 0 saturated carbocycles. The van der Waals surface area contributed by atoms with E-state index in [1.165, 1.54) is 109 Å². The molecule has 0 spiro atoms. The molecule has 4 amide bonds. The first-order chi connectivity index (χ1) is 50.2. The normalized spacial score (nSPS) is 17.7. The quantitative estimate of drug-likeness (QED) is 0.0657. The van der Waals surface area contributed by atoms with Gasteiger partial charge >= 0.3 is 0 Å². The molecule has 6 aliphatic carbocycles. The number of amides is 4. The molecule has 502 valence electrons. The maximum absolute atomic E-state index is 15.2. The van der Waals surface area contributed by atoms with E-state index in [0.717, 1.165) is 110 Å². The Morgan fingerprint density at radius 2 is 0.529 bits per heavy atom. The van der Waals surface area contributed by atoms with Gasteiger partial charge in [0.2, 0.25) is 0 Å². The van der Waals surface area contributed by atoms with Crippen molar-refractivity contribution in [3.63, 3.8) is 0 Å². The lowest BCUT2D eigenvalue weighted by Crippen LogP contribution is -2.42. The average molecular weight is 1480 g/mol. The van der Waals surface area contributed by atoms with Crippen LogP contribution in [0.5, 0.6) is 0 Å². The molecule has 21 rings (SSSR count). The maximum atomic E-state index is 15.2. The van der Waals surface area contributed by atoms with E-state index >= 15 is 19.2 Å². The number of allylic oxidation sites excluding steroid dienone is 8. The number of carbonyl (C=O) groups excluding carboxylic acids is 4. The van der Waals surface area contributed by atoms with Crippen LogP contribution in [-0.2, 0) is 0 Å². The van der Waals surface area contributed by atoms with Crippen LogP contribution in [-0.4, -0.2) is 23.6 Å². The summed E-state index contributed by atoms with van der Waals surface area (Å²) in [4.78, 5) is 64.0. The van der Waals surface area contributed by atoms with E-state index in [2.05, 4.69) is 271 Å². The zero-order chi connectivity index (χ0) is 71.0. The van der Waals surface area contributed by atoms with Gasteiger partial charge < -0.3 is 0 Å². The molecule has 13 aromatic carbocycles. The first kappa shape index (κ1) is 62.2. The molecule has 2 atom stereocenters. The molecule has 2 heterocycles. The molecule has 0 fully saturated rings.